The first-order valence-electron chi connectivity index (χ1n) is 15.0. The van der Waals surface area contributed by atoms with Crippen LogP contribution in [-0.4, -0.2) is 71.9 Å². The van der Waals surface area contributed by atoms with Crippen molar-refractivity contribution in [2.45, 2.75) is 58.4 Å². The molecular formula is C34H47N5O2. The fourth-order valence-corrected chi connectivity index (χ4v) is 6.08. The van der Waals surface area contributed by atoms with Crippen molar-refractivity contribution < 1.29 is 12.4 Å². The number of aryl methyl sites for hydroxylation is 2. The normalized spacial score (nSPS) is 22.6. The average molecular weight is 558 g/mol. The maximum Gasteiger partial charge on any atom is 0.257 e. The minimum absolute atomic E-state index is 0. The van der Waals surface area contributed by atoms with E-state index in [0.29, 0.717) is 5.56 Å². The largest absolute Gasteiger partial charge is 0.352 e. The standard InChI is InChI=1S/C34H43N5O2.2H2/c1-5-29(26-10-11-30-25(21-26)9-7-6-8-16-35-33(30)41)31-22-27(23-36-24(31)2)32(40)37-28-12-14-34(3,15-13-28)39-19-17-38(4)18-20-39;;/h5,10-14,21-23H,6-9,15-20H2,1-4H3,(H,35,41)(H,37,40);2*1H/b29-5-;;. The predicted octanol–water partition coefficient (Wildman–Crippen LogP) is 5.37. The maximum absolute atomic E-state index is 13.3. The van der Waals surface area contributed by atoms with Crippen molar-refractivity contribution in [3.8, 4) is 0 Å². The quantitative estimate of drug-likeness (QED) is 0.517. The molecular weight excluding hydrogens is 510 g/mol. The molecule has 41 heavy (non-hydrogen) atoms. The molecule has 1 aromatic heterocycles. The number of piperazine rings is 1. The van der Waals surface area contributed by atoms with Gasteiger partial charge in [-0.15, -0.1) is 0 Å². The van der Waals surface area contributed by atoms with Crippen molar-refractivity contribution in [1.82, 2.24) is 25.4 Å². The van der Waals surface area contributed by atoms with E-state index in [-0.39, 0.29) is 20.2 Å². The van der Waals surface area contributed by atoms with Crippen LogP contribution in [0.4, 0.5) is 0 Å². The molecule has 2 aliphatic heterocycles. The van der Waals surface area contributed by atoms with Crippen molar-refractivity contribution >= 4 is 17.4 Å². The zero-order chi connectivity index (χ0) is 29.0. The Labute approximate surface area is 247 Å². The van der Waals surface area contributed by atoms with Gasteiger partial charge in [0.1, 0.15) is 0 Å². The minimum Gasteiger partial charge on any atom is -0.352 e. The zero-order valence-electron chi connectivity index (χ0n) is 24.9. The summed E-state index contributed by atoms with van der Waals surface area (Å²) >= 11 is 0. The number of fused-ring (bicyclic) bond motifs is 1. The van der Waals surface area contributed by atoms with Gasteiger partial charge < -0.3 is 15.5 Å². The Kier molecular flexibility index (Phi) is 8.85. The number of nitrogens with one attached hydrogen (secondary N) is 2. The first-order chi connectivity index (χ1) is 19.8. The van der Waals surface area contributed by atoms with Crippen LogP contribution in [0.3, 0.4) is 0 Å². The highest BCUT2D eigenvalue weighted by atomic mass is 16.2. The van der Waals surface area contributed by atoms with Crippen LogP contribution < -0.4 is 10.6 Å². The van der Waals surface area contributed by atoms with Crippen LogP contribution in [0.2, 0.25) is 0 Å². The Hall–Kier alpha value is -3.55. The highest BCUT2D eigenvalue weighted by molar-refractivity contribution is 5.98. The Morgan fingerprint density at radius 2 is 1.93 bits per heavy atom. The van der Waals surface area contributed by atoms with Crippen LogP contribution in [0, 0.1) is 6.92 Å². The summed E-state index contributed by atoms with van der Waals surface area (Å²) in [6.45, 7) is 11.2. The molecule has 7 heteroatoms. The van der Waals surface area contributed by atoms with E-state index >= 15 is 0 Å². The first kappa shape index (κ1) is 29.0. The van der Waals surface area contributed by atoms with Gasteiger partial charge in [-0.25, -0.2) is 0 Å². The molecule has 1 atom stereocenters. The molecule has 2 aromatic rings. The molecule has 2 N–H and O–H groups in total. The third-order valence-corrected chi connectivity index (χ3v) is 8.84. The summed E-state index contributed by atoms with van der Waals surface area (Å²) in [5, 5.41) is 6.13. The summed E-state index contributed by atoms with van der Waals surface area (Å²) in [6.07, 6.45) is 15.0. The SMILES string of the molecule is C/C=C(/c1ccc2c(c1)CCCCCNC2=O)c1cc(C(=O)NC2=CCC(C)(N3CCN(C)CC3)C=C2)cnc1C.[HH].[HH]. The van der Waals surface area contributed by atoms with Gasteiger partial charge in [0, 0.05) is 69.8 Å². The molecule has 0 spiro atoms. The van der Waals surface area contributed by atoms with Gasteiger partial charge in [0.05, 0.1) is 5.56 Å². The molecule has 5 rings (SSSR count). The Morgan fingerprint density at radius 1 is 1.12 bits per heavy atom. The first-order valence-corrected chi connectivity index (χ1v) is 15.0. The average Bonchev–Trinajstić information content (AvgIpc) is 3.06. The van der Waals surface area contributed by atoms with Crippen molar-refractivity contribution in [3.05, 3.63) is 94.0 Å². The monoisotopic (exact) mass is 557 g/mol. The number of allylic oxidation sites excluding steroid dienone is 2. The van der Waals surface area contributed by atoms with E-state index in [4.69, 9.17) is 0 Å². The third-order valence-electron chi connectivity index (χ3n) is 8.84. The van der Waals surface area contributed by atoms with Crippen LogP contribution >= 0.6 is 0 Å². The molecule has 1 unspecified atom stereocenters. The van der Waals surface area contributed by atoms with E-state index in [9.17, 15) is 9.59 Å². The molecule has 0 saturated carbocycles. The molecule has 1 aliphatic carbocycles. The topological polar surface area (TPSA) is 77.6 Å². The molecule has 1 fully saturated rings. The number of pyridine rings is 1. The van der Waals surface area contributed by atoms with E-state index in [1.165, 1.54) is 0 Å². The van der Waals surface area contributed by atoms with Crippen molar-refractivity contribution in [2.75, 3.05) is 39.8 Å². The van der Waals surface area contributed by atoms with Crippen molar-refractivity contribution in [1.29, 1.82) is 0 Å². The van der Waals surface area contributed by atoms with Gasteiger partial charge in [-0.05, 0) is 88.4 Å². The second-order valence-electron chi connectivity index (χ2n) is 11.8. The number of carbonyl (C=O) groups excluding carboxylic acids is 2. The summed E-state index contributed by atoms with van der Waals surface area (Å²) in [4.78, 5) is 35.6. The van der Waals surface area contributed by atoms with E-state index in [2.05, 4.69) is 63.7 Å². The number of benzene rings is 1. The number of rotatable bonds is 5. The number of likely N-dealkylation sites (N-methyl/N-ethyl adjacent to an activating group) is 1. The minimum atomic E-state index is -0.167. The molecule has 3 aliphatic rings. The molecule has 7 nitrogen and oxygen atoms in total. The van der Waals surface area contributed by atoms with Crippen LogP contribution in [0.25, 0.3) is 5.57 Å². The second kappa shape index (κ2) is 12.5. The molecule has 0 radical (unpaired) electrons. The van der Waals surface area contributed by atoms with Crippen molar-refractivity contribution in [2.24, 2.45) is 0 Å². The number of carbonyl (C=O) groups is 2. The Balaban J connectivity index is 0.00000253. The number of hydrogen-bond acceptors (Lipinski definition) is 5. The number of hydrogen-bond donors (Lipinski definition) is 2. The summed E-state index contributed by atoms with van der Waals surface area (Å²) in [5.41, 5.74) is 6.96. The van der Waals surface area contributed by atoms with Gasteiger partial charge in [-0.2, -0.15) is 0 Å². The lowest BCUT2D eigenvalue weighted by molar-refractivity contribution is 0.0797. The smallest absolute Gasteiger partial charge is 0.257 e. The molecule has 3 heterocycles. The lowest BCUT2D eigenvalue weighted by Crippen LogP contribution is -2.54. The molecule has 1 saturated heterocycles. The van der Waals surface area contributed by atoms with Gasteiger partial charge in [0.15, 0.2) is 0 Å². The van der Waals surface area contributed by atoms with Gasteiger partial charge in [-0.1, -0.05) is 36.8 Å². The lowest BCUT2D eigenvalue weighted by Gasteiger charge is -2.44. The van der Waals surface area contributed by atoms with Gasteiger partial charge in [-0.3, -0.25) is 19.5 Å². The highest BCUT2D eigenvalue weighted by Crippen LogP contribution is 2.30. The fraction of sp³-hybridized carbons (Fsp3) is 0.441. The summed E-state index contributed by atoms with van der Waals surface area (Å²) in [6, 6.07) is 8.01. The molecule has 220 valence electrons. The molecule has 1 aromatic carbocycles. The molecule has 2 amide bonds. The number of amides is 2. The second-order valence-corrected chi connectivity index (χ2v) is 11.8. The maximum atomic E-state index is 13.3. The number of nitrogens with zero attached hydrogens (tertiary/aromatic N) is 3. The highest BCUT2D eigenvalue weighted by Gasteiger charge is 2.32. The van der Waals surface area contributed by atoms with Gasteiger partial charge >= 0.3 is 0 Å². The van der Waals surface area contributed by atoms with Crippen molar-refractivity contribution in [3.63, 3.8) is 0 Å². The van der Waals surface area contributed by atoms with E-state index < -0.39 is 0 Å². The summed E-state index contributed by atoms with van der Waals surface area (Å²) < 4.78 is 0. The van der Waals surface area contributed by atoms with Crippen LogP contribution in [-0.2, 0) is 6.42 Å². The summed E-state index contributed by atoms with van der Waals surface area (Å²) in [5.74, 6) is -0.165. The Morgan fingerprint density at radius 3 is 2.66 bits per heavy atom. The molecule has 0 bridgehead atoms. The Bertz CT molecular complexity index is 1410. The van der Waals surface area contributed by atoms with Gasteiger partial charge in [0.2, 0.25) is 0 Å². The fourth-order valence-electron chi connectivity index (χ4n) is 6.08. The van der Waals surface area contributed by atoms with Crippen LogP contribution in [0.5, 0.6) is 0 Å². The van der Waals surface area contributed by atoms with Crippen LogP contribution in [0.1, 0.15) is 85.5 Å². The number of aromatic nitrogens is 1. The zero-order valence-corrected chi connectivity index (χ0v) is 24.9. The third kappa shape index (κ3) is 6.52. The lowest BCUT2D eigenvalue weighted by atomic mass is 9.89. The van der Waals surface area contributed by atoms with Gasteiger partial charge in [0.25, 0.3) is 11.8 Å². The summed E-state index contributed by atoms with van der Waals surface area (Å²) in [7, 11) is 2.17. The predicted molar refractivity (Wildman–Crippen MR) is 169 cm³/mol. The van der Waals surface area contributed by atoms with E-state index in [1.54, 1.807) is 6.20 Å². The van der Waals surface area contributed by atoms with Crippen LogP contribution in [0.15, 0.2) is 60.5 Å². The van der Waals surface area contributed by atoms with E-state index in [1.807, 2.05) is 38.1 Å². The van der Waals surface area contributed by atoms with E-state index in [0.717, 1.165) is 104 Å².